The van der Waals surface area contributed by atoms with Crippen molar-refractivity contribution in [1.29, 1.82) is 0 Å². The summed E-state index contributed by atoms with van der Waals surface area (Å²) in [4.78, 5) is 20.4. The monoisotopic (exact) mass is 320 g/mol. The highest BCUT2D eigenvalue weighted by Gasteiger charge is 2.14. The van der Waals surface area contributed by atoms with Crippen LogP contribution in [0.4, 0.5) is 5.82 Å². The predicted molar refractivity (Wildman–Crippen MR) is 89.5 cm³/mol. The van der Waals surface area contributed by atoms with Crippen molar-refractivity contribution in [3.05, 3.63) is 29.2 Å². The van der Waals surface area contributed by atoms with Crippen molar-refractivity contribution in [2.45, 2.75) is 40.5 Å². The highest BCUT2D eigenvalue weighted by Crippen LogP contribution is 2.20. The molecule has 0 atom stereocenters. The molecule has 0 saturated heterocycles. The van der Waals surface area contributed by atoms with Crippen LogP contribution in [0.3, 0.4) is 0 Å². The van der Waals surface area contributed by atoms with Crippen LogP contribution in [0.5, 0.6) is 5.75 Å². The molecule has 1 aromatic rings. The van der Waals surface area contributed by atoms with E-state index < -0.39 is 5.97 Å². The Labute approximate surface area is 136 Å². The topological polar surface area (TPSA) is 81.0 Å². The summed E-state index contributed by atoms with van der Waals surface area (Å²) < 4.78 is 10.4. The average Bonchev–Trinajstić information content (AvgIpc) is 2.51. The molecule has 1 rings (SSSR count). The van der Waals surface area contributed by atoms with Gasteiger partial charge in [0.1, 0.15) is 17.1 Å². The summed E-state index contributed by atoms with van der Waals surface area (Å²) in [5, 5.41) is 10.00. The summed E-state index contributed by atoms with van der Waals surface area (Å²) in [5.41, 5.74) is 0.767. The van der Waals surface area contributed by atoms with Crippen LogP contribution in [0.25, 0.3) is 0 Å². The molecule has 0 aliphatic rings. The minimum Gasteiger partial charge on any atom is -0.511 e. The Morgan fingerprint density at radius 2 is 2.04 bits per heavy atom. The van der Waals surface area contributed by atoms with Gasteiger partial charge in [0, 0.05) is 12.6 Å². The lowest BCUT2D eigenvalue weighted by Gasteiger charge is -2.07. The van der Waals surface area contributed by atoms with Crippen LogP contribution in [0, 0.1) is 6.92 Å². The second-order valence-corrected chi connectivity index (χ2v) is 4.78. The molecule has 126 valence electrons. The van der Waals surface area contributed by atoms with Gasteiger partial charge in [0.05, 0.1) is 18.9 Å². The third-order valence-electron chi connectivity index (χ3n) is 2.94. The lowest BCUT2D eigenvalue weighted by molar-refractivity contribution is -0.138. The summed E-state index contributed by atoms with van der Waals surface area (Å²) in [6, 6.07) is 3.46. The summed E-state index contributed by atoms with van der Waals surface area (Å²) in [6.07, 6.45) is 2.39. The zero-order valence-electron chi connectivity index (χ0n) is 14.1. The molecular formula is C17H24N2O4. The molecule has 0 fully saturated rings. The Hall–Kier alpha value is -2.37. The largest absolute Gasteiger partial charge is 0.511 e. The van der Waals surface area contributed by atoms with Crippen LogP contribution in [0.1, 0.15) is 39.3 Å². The minimum absolute atomic E-state index is 0.0302. The van der Waals surface area contributed by atoms with E-state index in [-0.39, 0.29) is 17.9 Å². The molecule has 0 aliphatic heterocycles. The summed E-state index contributed by atoms with van der Waals surface area (Å²) in [6.45, 7) is 8.13. The molecule has 0 radical (unpaired) electrons. The number of esters is 1. The first-order valence-electron chi connectivity index (χ1n) is 7.77. The molecule has 0 bridgehead atoms. The fourth-order valence-electron chi connectivity index (χ4n) is 1.87. The third-order valence-corrected chi connectivity index (χ3v) is 2.94. The van der Waals surface area contributed by atoms with E-state index in [0.717, 1.165) is 0 Å². The molecule has 0 amide bonds. The minimum atomic E-state index is -0.593. The number of aliphatic hydroxyl groups excluding tert-OH is 1. The number of aliphatic imine (C=N–C) groups is 1. The van der Waals surface area contributed by atoms with Gasteiger partial charge in [0.2, 0.25) is 0 Å². The van der Waals surface area contributed by atoms with Gasteiger partial charge in [-0.25, -0.2) is 14.8 Å². The molecule has 1 N–H and O–H groups in total. The molecule has 6 heteroatoms. The number of aryl methyl sites for hydroxylation is 1. The summed E-state index contributed by atoms with van der Waals surface area (Å²) >= 11 is 0. The molecular weight excluding hydrogens is 296 g/mol. The van der Waals surface area contributed by atoms with E-state index in [2.05, 4.69) is 9.98 Å². The zero-order valence-corrected chi connectivity index (χ0v) is 14.1. The van der Waals surface area contributed by atoms with E-state index in [1.54, 1.807) is 19.1 Å². The maximum atomic E-state index is 11.9. The van der Waals surface area contributed by atoms with Gasteiger partial charge < -0.3 is 14.6 Å². The SMILES string of the molecule is CCC/C(O)=C(/C=Nc1ccc(OCC)c(C)n1)C(=O)OCC. The van der Waals surface area contributed by atoms with E-state index in [9.17, 15) is 9.90 Å². The van der Waals surface area contributed by atoms with Crippen LogP contribution in [-0.4, -0.2) is 35.5 Å². The quantitative estimate of drug-likeness (QED) is 0.342. The van der Waals surface area contributed by atoms with Crippen LogP contribution in [0.2, 0.25) is 0 Å². The van der Waals surface area contributed by atoms with E-state index in [4.69, 9.17) is 9.47 Å². The molecule has 1 heterocycles. The zero-order chi connectivity index (χ0) is 17.2. The summed E-state index contributed by atoms with van der Waals surface area (Å²) in [5.74, 6) is 0.501. The van der Waals surface area contributed by atoms with Gasteiger partial charge in [0.25, 0.3) is 0 Å². The van der Waals surface area contributed by atoms with Crippen molar-refractivity contribution in [3.63, 3.8) is 0 Å². The summed E-state index contributed by atoms with van der Waals surface area (Å²) in [7, 11) is 0. The van der Waals surface area contributed by atoms with Crippen LogP contribution in [-0.2, 0) is 9.53 Å². The number of hydrogen-bond donors (Lipinski definition) is 1. The molecule has 6 nitrogen and oxygen atoms in total. The lowest BCUT2D eigenvalue weighted by atomic mass is 10.2. The second-order valence-electron chi connectivity index (χ2n) is 4.78. The number of carbonyl (C=O) groups excluding carboxylic acids is 1. The van der Waals surface area contributed by atoms with Crippen LogP contribution >= 0.6 is 0 Å². The molecule has 0 spiro atoms. The first-order chi connectivity index (χ1) is 11.0. The fourth-order valence-corrected chi connectivity index (χ4v) is 1.87. The van der Waals surface area contributed by atoms with Crippen molar-refractivity contribution in [1.82, 2.24) is 4.98 Å². The molecule has 1 aromatic heterocycles. The number of aliphatic hydroxyl groups is 1. The molecule has 0 unspecified atom stereocenters. The van der Waals surface area contributed by atoms with Crippen molar-refractivity contribution < 1.29 is 19.4 Å². The number of carbonyl (C=O) groups is 1. The van der Waals surface area contributed by atoms with Gasteiger partial charge in [0.15, 0.2) is 5.82 Å². The number of rotatable bonds is 8. The smallest absolute Gasteiger partial charge is 0.343 e. The van der Waals surface area contributed by atoms with E-state index in [0.29, 0.717) is 36.7 Å². The van der Waals surface area contributed by atoms with E-state index >= 15 is 0 Å². The highest BCUT2D eigenvalue weighted by atomic mass is 16.5. The van der Waals surface area contributed by atoms with E-state index in [1.807, 2.05) is 20.8 Å². The van der Waals surface area contributed by atoms with Gasteiger partial charge >= 0.3 is 5.97 Å². The third kappa shape index (κ3) is 5.73. The van der Waals surface area contributed by atoms with Gasteiger partial charge in [-0.2, -0.15) is 0 Å². The first kappa shape index (κ1) is 18.7. The number of allylic oxidation sites excluding steroid dienone is 1. The van der Waals surface area contributed by atoms with Gasteiger partial charge in [-0.05, 0) is 39.3 Å². The first-order valence-corrected chi connectivity index (χ1v) is 7.77. The fraction of sp³-hybridized carbons (Fsp3) is 0.471. The van der Waals surface area contributed by atoms with Crippen molar-refractivity contribution in [2.75, 3.05) is 13.2 Å². The van der Waals surface area contributed by atoms with Crippen LogP contribution < -0.4 is 4.74 Å². The predicted octanol–water partition coefficient (Wildman–Crippen LogP) is 3.67. The van der Waals surface area contributed by atoms with Crippen molar-refractivity contribution in [2.24, 2.45) is 4.99 Å². The Morgan fingerprint density at radius 1 is 1.30 bits per heavy atom. The van der Waals surface area contributed by atoms with Gasteiger partial charge in [-0.3, -0.25) is 0 Å². The molecule has 0 saturated carbocycles. The molecule has 23 heavy (non-hydrogen) atoms. The number of pyridine rings is 1. The highest BCUT2D eigenvalue weighted by molar-refractivity contribution is 6.10. The van der Waals surface area contributed by atoms with Gasteiger partial charge in [-0.1, -0.05) is 6.92 Å². The normalized spacial score (nSPS) is 12.2. The number of nitrogens with zero attached hydrogens (tertiary/aromatic N) is 2. The standard InChI is InChI=1S/C17H24N2O4/c1-5-8-14(20)13(17(21)23-7-3)11-18-16-10-9-15(22-6-2)12(4)19-16/h9-11,20H,5-8H2,1-4H3/b14-13+,18-11?. The average molecular weight is 320 g/mol. The number of ether oxygens (including phenoxy) is 2. The van der Waals surface area contributed by atoms with Gasteiger partial charge in [-0.15, -0.1) is 0 Å². The maximum absolute atomic E-state index is 11.9. The molecule has 0 aromatic carbocycles. The lowest BCUT2D eigenvalue weighted by Crippen LogP contribution is -2.11. The number of aromatic nitrogens is 1. The second kappa shape index (κ2) is 9.61. The Morgan fingerprint density at radius 3 is 2.61 bits per heavy atom. The van der Waals surface area contributed by atoms with E-state index in [1.165, 1.54) is 6.21 Å². The number of hydrogen-bond acceptors (Lipinski definition) is 6. The maximum Gasteiger partial charge on any atom is 0.343 e. The Balaban J connectivity index is 3.03. The Bertz CT molecular complexity index is 594. The Kier molecular flexibility index (Phi) is 7.80. The van der Waals surface area contributed by atoms with Crippen molar-refractivity contribution in [3.8, 4) is 5.75 Å². The van der Waals surface area contributed by atoms with Crippen LogP contribution in [0.15, 0.2) is 28.5 Å². The van der Waals surface area contributed by atoms with Crippen molar-refractivity contribution >= 4 is 18.0 Å². The molecule has 0 aliphatic carbocycles.